The predicted octanol–water partition coefficient (Wildman–Crippen LogP) is 2.91. The van der Waals surface area contributed by atoms with Crippen LogP contribution in [0, 0.1) is 0 Å². The van der Waals surface area contributed by atoms with Gasteiger partial charge >= 0.3 is 0 Å². The summed E-state index contributed by atoms with van der Waals surface area (Å²) in [6.45, 7) is 2.18. The van der Waals surface area contributed by atoms with Crippen molar-refractivity contribution in [3.63, 3.8) is 0 Å². The molecule has 0 spiro atoms. The van der Waals surface area contributed by atoms with Gasteiger partial charge in [-0.05, 0) is 30.7 Å². The summed E-state index contributed by atoms with van der Waals surface area (Å²) in [5.74, 6) is 1.98. The van der Waals surface area contributed by atoms with E-state index in [1.54, 1.807) is 13.4 Å². The van der Waals surface area contributed by atoms with E-state index >= 15 is 0 Å². The number of hydrogen-bond acceptors (Lipinski definition) is 3. The number of ether oxygens (including phenoxy) is 1. The molecule has 0 aliphatic carbocycles. The van der Waals surface area contributed by atoms with E-state index in [-0.39, 0.29) is 6.04 Å². The molecule has 1 N–H and O–H groups in total. The number of rotatable bonds is 2. The molecule has 0 saturated heterocycles. The largest absolute Gasteiger partial charge is 0.497 e. The first-order valence-electron chi connectivity index (χ1n) is 6.24. The molecule has 0 bridgehead atoms. The summed E-state index contributed by atoms with van der Waals surface area (Å²) in [4.78, 5) is 0. The second-order valence-electron chi connectivity index (χ2n) is 4.78. The molecule has 1 aliphatic heterocycles. The van der Waals surface area contributed by atoms with Gasteiger partial charge in [0.15, 0.2) is 0 Å². The smallest absolute Gasteiger partial charge is 0.118 e. The number of furan rings is 1. The molecular weight excluding hydrogens is 226 g/mol. The van der Waals surface area contributed by atoms with Crippen LogP contribution in [-0.2, 0) is 6.42 Å². The zero-order valence-electron chi connectivity index (χ0n) is 10.6. The number of hydrogen-bond donors (Lipinski definition) is 1. The second-order valence-corrected chi connectivity index (χ2v) is 4.78. The average Bonchev–Trinajstić information content (AvgIpc) is 2.86. The first-order chi connectivity index (χ1) is 8.78. The molecule has 2 aromatic rings. The van der Waals surface area contributed by atoms with Crippen LogP contribution in [0.5, 0.6) is 5.75 Å². The van der Waals surface area contributed by atoms with E-state index in [0.29, 0.717) is 6.04 Å². The van der Waals surface area contributed by atoms with Gasteiger partial charge in [0.1, 0.15) is 11.5 Å². The first-order valence-corrected chi connectivity index (χ1v) is 6.24. The Kier molecular flexibility index (Phi) is 2.84. The third-order valence-corrected chi connectivity index (χ3v) is 3.48. The summed E-state index contributed by atoms with van der Waals surface area (Å²) in [5, 5.41) is 3.61. The number of benzene rings is 1. The molecule has 2 heterocycles. The van der Waals surface area contributed by atoms with Crippen LogP contribution in [-0.4, -0.2) is 13.2 Å². The van der Waals surface area contributed by atoms with Gasteiger partial charge in [-0.2, -0.15) is 0 Å². The van der Waals surface area contributed by atoms with Gasteiger partial charge in [0.2, 0.25) is 0 Å². The SMILES string of the molecule is COc1ccc(C2NC(C)Cc3occc32)cc1. The molecule has 3 nitrogen and oxygen atoms in total. The fraction of sp³-hybridized carbons (Fsp3) is 0.333. The fourth-order valence-corrected chi connectivity index (χ4v) is 2.56. The third kappa shape index (κ3) is 1.91. The Morgan fingerprint density at radius 2 is 2.00 bits per heavy atom. The van der Waals surface area contributed by atoms with Crippen LogP contribution in [0.1, 0.15) is 29.9 Å². The van der Waals surface area contributed by atoms with Crippen molar-refractivity contribution in [3.8, 4) is 5.75 Å². The Hall–Kier alpha value is -1.74. The van der Waals surface area contributed by atoms with Crippen LogP contribution in [0.15, 0.2) is 41.0 Å². The van der Waals surface area contributed by atoms with E-state index in [9.17, 15) is 0 Å². The molecule has 1 aromatic carbocycles. The maximum Gasteiger partial charge on any atom is 0.118 e. The highest BCUT2D eigenvalue weighted by atomic mass is 16.5. The van der Waals surface area contributed by atoms with E-state index in [0.717, 1.165) is 17.9 Å². The van der Waals surface area contributed by atoms with Crippen molar-refractivity contribution in [1.82, 2.24) is 5.32 Å². The van der Waals surface area contributed by atoms with Crippen molar-refractivity contribution >= 4 is 0 Å². The van der Waals surface area contributed by atoms with Gasteiger partial charge in [-0.25, -0.2) is 0 Å². The zero-order valence-corrected chi connectivity index (χ0v) is 10.6. The van der Waals surface area contributed by atoms with Crippen LogP contribution >= 0.6 is 0 Å². The fourth-order valence-electron chi connectivity index (χ4n) is 2.56. The molecule has 18 heavy (non-hydrogen) atoms. The minimum absolute atomic E-state index is 0.216. The predicted molar refractivity (Wildman–Crippen MR) is 69.8 cm³/mol. The summed E-state index contributed by atoms with van der Waals surface area (Å²) in [6, 6.07) is 10.9. The number of nitrogens with one attached hydrogen (secondary N) is 1. The van der Waals surface area contributed by atoms with Crippen LogP contribution in [0.25, 0.3) is 0 Å². The Balaban J connectivity index is 1.96. The van der Waals surface area contributed by atoms with Gasteiger partial charge in [0.25, 0.3) is 0 Å². The Morgan fingerprint density at radius 1 is 1.22 bits per heavy atom. The van der Waals surface area contributed by atoms with Crippen LogP contribution in [0.4, 0.5) is 0 Å². The van der Waals surface area contributed by atoms with Crippen molar-refractivity contribution in [1.29, 1.82) is 0 Å². The third-order valence-electron chi connectivity index (χ3n) is 3.48. The Labute approximate surface area is 107 Å². The standard InChI is InChI=1S/C15H17NO2/c1-10-9-14-13(7-8-18-14)15(16-10)11-3-5-12(17-2)6-4-11/h3-8,10,15-16H,9H2,1-2H3. The Bertz CT molecular complexity index is 530. The van der Waals surface area contributed by atoms with Gasteiger partial charge in [-0.3, -0.25) is 0 Å². The quantitative estimate of drug-likeness (QED) is 0.880. The Morgan fingerprint density at radius 3 is 2.72 bits per heavy atom. The van der Waals surface area contributed by atoms with Crippen molar-refractivity contribution in [2.24, 2.45) is 0 Å². The molecule has 3 rings (SSSR count). The van der Waals surface area contributed by atoms with Gasteiger partial charge in [0, 0.05) is 18.0 Å². The summed E-state index contributed by atoms with van der Waals surface area (Å²) in [6.07, 6.45) is 2.73. The molecule has 0 amide bonds. The van der Waals surface area contributed by atoms with Crippen molar-refractivity contribution in [3.05, 3.63) is 53.5 Å². The monoisotopic (exact) mass is 243 g/mol. The summed E-state index contributed by atoms with van der Waals surface area (Å²) >= 11 is 0. The maximum absolute atomic E-state index is 5.56. The lowest BCUT2D eigenvalue weighted by atomic mass is 9.92. The molecule has 1 aliphatic rings. The first kappa shape index (κ1) is 11.4. The molecule has 2 atom stereocenters. The molecule has 3 heteroatoms. The van der Waals surface area contributed by atoms with Gasteiger partial charge in [-0.15, -0.1) is 0 Å². The lowest BCUT2D eigenvalue weighted by molar-refractivity contribution is 0.398. The van der Waals surface area contributed by atoms with E-state index in [2.05, 4.69) is 30.4 Å². The highest BCUT2D eigenvalue weighted by molar-refractivity contribution is 5.38. The van der Waals surface area contributed by atoms with Gasteiger partial charge in [-0.1, -0.05) is 12.1 Å². The van der Waals surface area contributed by atoms with Gasteiger partial charge in [0.05, 0.1) is 19.4 Å². The lowest BCUT2D eigenvalue weighted by Gasteiger charge is -2.28. The normalized spacial score (nSPS) is 22.6. The van der Waals surface area contributed by atoms with Crippen LogP contribution < -0.4 is 10.1 Å². The average molecular weight is 243 g/mol. The lowest BCUT2D eigenvalue weighted by Crippen LogP contribution is -2.37. The van der Waals surface area contributed by atoms with Crippen molar-refractivity contribution < 1.29 is 9.15 Å². The summed E-state index contributed by atoms with van der Waals surface area (Å²) in [7, 11) is 1.68. The topological polar surface area (TPSA) is 34.4 Å². The van der Waals surface area contributed by atoms with Crippen LogP contribution in [0.2, 0.25) is 0 Å². The molecule has 0 fully saturated rings. The van der Waals surface area contributed by atoms with Crippen molar-refractivity contribution in [2.75, 3.05) is 7.11 Å². The molecule has 0 radical (unpaired) electrons. The number of fused-ring (bicyclic) bond motifs is 1. The van der Waals surface area contributed by atoms with Gasteiger partial charge < -0.3 is 14.5 Å². The van der Waals surface area contributed by atoms with E-state index < -0.39 is 0 Å². The molecule has 0 saturated carbocycles. The highest BCUT2D eigenvalue weighted by Gasteiger charge is 2.27. The van der Waals surface area contributed by atoms with E-state index in [1.165, 1.54) is 11.1 Å². The molecular formula is C15H17NO2. The maximum atomic E-state index is 5.56. The van der Waals surface area contributed by atoms with Crippen molar-refractivity contribution in [2.45, 2.75) is 25.4 Å². The highest BCUT2D eigenvalue weighted by Crippen LogP contribution is 2.31. The summed E-state index contributed by atoms with van der Waals surface area (Å²) in [5.41, 5.74) is 2.49. The molecule has 2 unspecified atom stereocenters. The second kappa shape index (κ2) is 4.50. The van der Waals surface area contributed by atoms with E-state index in [4.69, 9.17) is 9.15 Å². The van der Waals surface area contributed by atoms with Crippen LogP contribution in [0.3, 0.4) is 0 Å². The minimum atomic E-state index is 0.216. The number of methoxy groups -OCH3 is 1. The molecule has 1 aromatic heterocycles. The summed E-state index contributed by atoms with van der Waals surface area (Å²) < 4.78 is 10.8. The molecule has 94 valence electrons. The zero-order chi connectivity index (χ0) is 12.5. The minimum Gasteiger partial charge on any atom is -0.497 e. The van der Waals surface area contributed by atoms with E-state index in [1.807, 2.05) is 12.1 Å².